The molecule has 0 unspecified atom stereocenters. The van der Waals surface area contributed by atoms with Gasteiger partial charge in [0.1, 0.15) is 5.69 Å². The van der Waals surface area contributed by atoms with Crippen LogP contribution >= 0.6 is 23.2 Å². The third kappa shape index (κ3) is 4.90. The van der Waals surface area contributed by atoms with E-state index in [9.17, 15) is 14.4 Å². The average molecular weight is 495 g/mol. The summed E-state index contributed by atoms with van der Waals surface area (Å²) in [6.07, 6.45) is 0. The molecule has 34 heavy (non-hydrogen) atoms. The molecular formula is C25H20Cl2N4O3. The molecule has 0 saturated carbocycles. The number of para-hydroxylation sites is 1. The Morgan fingerprint density at radius 3 is 2.29 bits per heavy atom. The Balaban J connectivity index is 1.64. The van der Waals surface area contributed by atoms with Crippen molar-refractivity contribution in [3.05, 3.63) is 93.6 Å². The number of benzene rings is 3. The number of carbonyl (C=O) groups excluding carboxylic acids is 3. The number of rotatable bonds is 4. The summed E-state index contributed by atoms with van der Waals surface area (Å²) in [4.78, 5) is 38.4. The molecule has 0 radical (unpaired) electrons. The van der Waals surface area contributed by atoms with Crippen molar-refractivity contribution >= 4 is 63.2 Å². The first kappa shape index (κ1) is 23.4. The molecule has 3 amide bonds. The van der Waals surface area contributed by atoms with Crippen LogP contribution in [0, 0.1) is 13.8 Å². The zero-order valence-electron chi connectivity index (χ0n) is 18.3. The minimum atomic E-state index is -0.979. The van der Waals surface area contributed by atoms with Gasteiger partial charge in [-0.15, -0.1) is 0 Å². The summed E-state index contributed by atoms with van der Waals surface area (Å²) in [5.74, 6) is -2.39. The number of aryl methyl sites for hydroxylation is 2. The maximum absolute atomic E-state index is 13.1. The van der Waals surface area contributed by atoms with Crippen LogP contribution < -0.4 is 16.1 Å². The van der Waals surface area contributed by atoms with Crippen molar-refractivity contribution in [3.63, 3.8) is 0 Å². The summed E-state index contributed by atoms with van der Waals surface area (Å²) in [6.45, 7) is 3.92. The Kier molecular flexibility index (Phi) is 6.58. The number of aromatic nitrogens is 1. The minimum Gasteiger partial charge on any atom is -0.321 e. The van der Waals surface area contributed by atoms with Crippen LogP contribution in [0.5, 0.6) is 0 Å². The average Bonchev–Trinajstić information content (AvgIpc) is 3.15. The van der Waals surface area contributed by atoms with Gasteiger partial charge in [0.25, 0.3) is 5.91 Å². The van der Waals surface area contributed by atoms with Crippen LogP contribution in [-0.2, 0) is 9.59 Å². The van der Waals surface area contributed by atoms with E-state index in [4.69, 9.17) is 23.2 Å². The van der Waals surface area contributed by atoms with Crippen molar-refractivity contribution in [3.8, 4) is 0 Å². The van der Waals surface area contributed by atoms with Gasteiger partial charge in [-0.2, -0.15) is 0 Å². The Bertz CT molecular complexity index is 1450. The molecule has 0 aliphatic rings. The lowest BCUT2D eigenvalue weighted by molar-refractivity contribution is -0.133. The molecule has 0 saturated heterocycles. The van der Waals surface area contributed by atoms with Gasteiger partial charge in [0, 0.05) is 16.1 Å². The Hall–Kier alpha value is -3.81. The van der Waals surface area contributed by atoms with E-state index in [2.05, 4.69) is 16.1 Å². The number of hydrogen-bond acceptors (Lipinski definition) is 3. The van der Waals surface area contributed by atoms with Gasteiger partial charge in [-0.05, 0) is 73.5 Å². The minimum absolute atomic E-state index is 0.120. The van der Waals surface area contributed by atoms with Gasteiger partial charge in [-0.3, -0.25) is 19.8 Å². The molecule has 0 spiro atoms. The third-order valence-electron chi connectivity index (χ3n) is 5.30. The molecule has 172 valence electrons. The number of nitrogens with zero attached hydrogens (tertiary/aromatic N) is 1. The van der Waals surface area contributed by atoms with Crippen molar-refractivity contribution in [1.82, 2.24) is 4.68 Å². The van der Waals surface area contributed by atoms with Crippen molar-refractivity contribution in [2.75, 3.05) is 16.1 Å². The van der Waals surface area contributed by atoms with Crippen LogP contribution in [0.15, 0.2) is 66.7 Å². The first-order valence-corrected chi connectivity index (χ1v) is 11.0. The molecule has 1 aromatic heterocycles. The maximum Gasteiger partial charge on any atom is 0.328 e. The molecule has 0 bridgehead atoms. The molecule has 0 aliphatic heterocycles. The molecule has 0 atom stereocenters. The zero-order chi connectivity index (χ0) is 24.4. The standard InChI is InChI=1S/C25H20Cl2N4O3/c1-14-7-9-18(11-15(14)2)28-23(32)22-13-16-12-17(26)8-10-21(16)31(22)30-25(34)24(33)29-20-6-4-3-5-19(20)27/h3-13H,1-2H3,(H,28,32)(H,29,33)(H,30,34). The van der Waals surface area contributed by atoms with Gasteiger partial charge < -0.3 is 10.6 Å². The fourth-order valence-corrected chi connectivity index (χ4v) is 3.75. The van der Waals surface area contributed by atoms with E-state index in [1.165, 1.54) is 4.68 Å². The molecule has 1 heterocycles. The fourth-order valence-electron chi connectivity index (χ4n) is 3.38. The second-order valence-corrected chi connectivity index (χ2v) is 8.54. The molecule has 4 rings (SSSR count). The van der Waals surface area contributed by atoms with Crippen molar-refractivity contribution in [2.24, 2.45) is 0 Å². The maximum atomic E-state index is 13.1. The number of hydrogen-bond donors (Lipinski definition) is 3. The predicted molar refractivity (Wildman–Crippen MR) is 135 cm³/mol. The summed E-state index contributed by atoms with van der Waals surface area (Å²) in [6, 6.07) is 18.6. The molecule has 0 aliphatic carbocycles. The van der Waals surface area contributed by atoms with Crippen LogP contribution in [0.25, 0.3) is 10.9 Å². The number of fused-ring (bicyclic) bond motifs is 1. The molecule has 0 fully saturated rings. The molecule has 4 aromatic rings. The number of nitrogens with one attached hydrogen (secondary N) is 3. The van der Waals surface area contributed by atoms with Gasteiger partial charge in [0.05, 0.1) is 16.2 Å². The highest BCUT2D eigenvalue weighted by molar-refractivity contribution is 6.44. The smallest absolute Gasteiger partial charge is 0.321 e. The normalized spacial score (nSPS) is 10.7. The van der Waals surface area contributed by atoms with Crippen molar-refractivity contribution in [1.29, 1.82) is 0 Å². The number of anilines is 2. The van der Waals surface area contributed by atoms with Crippen LogP contribution in [-0.4, -0.2) is 22.4 Å². The van der Waals surface area contributed by atoms with Crippen LogP contribution in [0.3, 0.4) is 0 Å². The zero-order valence-corrected chi connectivity index (χ0v) is 19.8. The highest BCUT2D eigenvalue weighted by Gasteiger charge is 2.21. The molecular weight excluding hydrogens is 475 g/mol. The predicted octanol–water partition coefficient (Wildman–Crippen LogP) is 5.53. The monoisotopic (exact) mass is 494 g/mol. The topological polar surface area (TPSA) is 92.2 Å². The molecule has 9 heteroatoms. The van der Waals surface area contributed by atoms with Gasteiger partial charge >= 0.3 is 11.8 Å². The van der Waals surface area contributed by atoms with E-state index in [-0.39, 0.29) is 10.7 Å². The van der Waals surface area contributed by atoms with E-state index in [1.807, 2.05) is 26.0 Å². The van der Waals surface area contributed by atoms with E-state index >= 15 is 0 Å². The fraction of sp³-hybridized carbons (Fsp3) is 0.0800. The van der Waals surface area contributed by atoms with Crippen LogP contribution in [0.1, 0.15) is 21.6 Å². The van der Waals surface area contributed by atoms with Crippen LogP contribution in [0.2, 0.25) is 10.0 Å². The highest BCUT2D eigenvalue weighted by Crippen LogP contribution is 2.24. The van der Waals surface area contributed by atoms with Crippen molar-refractivity contribution < 1.29 is 14.4 Å². The first-order chi connectivity index (χ1) is 16.2. The van der Waals surface area contributed by atoms with Gasteiger partial charge in [0.15, 0.2) is 0 Å². The van der Waals surface area contributed by atoms with Gasteiger partial charge in [-0.1, -0.05) is 41.4 Å². The summed E-state index contributed by atoms with van der Waals surface area (Å²) in [7, 11) is 0. The second kappa shape index (κ2) is 9.59. The van der Waals surface area contributed by atoms with Crippen molar-refractivity contribution in [2.45, 2.75) is 13.8 Å². The Labute approximate surface area is 205 Å². The lowest BCUT2D eigenvalue weighted by atomic mass is 10.1. The summed E-state index contributed by atoms with van der Waals surface area (Å²) in [5.41, 5.74) is 6.13. The molecule has 3 N–H and O–H groups in total. The van der Waals surface area contributed by atoms with E-state index in [0.717, 1.165) is 11.1 Å². The highest BCUT2D eigenvalue weighted by atomic mass is 35.5. The molecule has 3 aromatic carbocycles. The SMILES string of the molecule is Cc1ccc(NC(=O)c2cc3cc(Cl)ccc3n2NC(=O)C(=O)Nc2ccccc2Cl)cc1C. The summed E-state index contributed by atoms with van der Waals surface area (Å²) in [5, 5.41) is 6.66. The van der Waals surface area contributed by atoms with Gasteiger partial charge in [0.2, 0.25) is 0 Å². The van der Waals surface area contributed by atoms with E-state index < -0.39 is 17.7 Å². The number of carbonyl (C=O) groups is 3. The van der Waals surface area contributed by atoms with Gasteiger partial charge in [-0.25, -0.2) is 4.68 Å². The van der Waals surface area contributed by atoms with E-state index in [1.54, 1.807) is 54.6 Å². The third-order valence-corrected chi connectivity index (χ3v) is 5.87. The lowest BCUT2D eigenvalue weighted by Crippen LogP contribution is -2.36. The van der Waals surface area contributed by atoms with Crippen LogP contribution in [0.4, 0.5) is 11.4 Å². The summed E-state index contributed by atoms with van der Waals surface area (Å²) >= 11 is 12.2. The number of amides is 3. The number of halogens is 2. The first-order valence-electron chi connectivity index (χ1n) is 10.3. The van der Waals surface area contributed by atoms with E-state index in [0.29, 0.717) is 27.3 Å². The lowest BCUT2D eigenvalue weighted by Gasteiger charge is -2.13. The molecule has 7 nitrogen and oxygen atoms in total. The largest absolute Gasteiger partial charge is 0.328 e. The Morgan fingerprint density at radius 1 is 0.794 bits per heavy atom. The Morgan fingerprint density at radius 2 is 1.56 bits per heavy atom. The summed E-state index contributed by atoms with van der Waals surface area (Å²) < 4.78 is 1.26. The quantitative estimate of drug-likeness (QED) is 0.326. The second-order valence-electron chi connectivity index (χ2n) is 7.70.